The summed E-state index contributed by atoms with van der Waals surface area (Å²) in [5.41, 5.74) is 0.908. The van der Waals surface area contributed by atoms with Crippen molar-refractivity contribution in [3.63, 3.8) is 0 Å². The molecule has 248 valence electrons. The normalized spacial score (nSPS) is 17.9. The number of carbonyl (C=O) groups excluding carboxylic acids is 2. The highest BCUT2D eigenvalue weighted by molar-refractivity contribution is 6.09. The summed E-state index contributed by atoms with van der Waals surface area (Å²) in [5, 5.41) is 23.5. The highest BCUT2D eigenvalue weighted by Crippen LogP contribution is 2.42. The van der Waals surface area contributed by atoms with Gasteiger partial charge in [0.05, 0.1) is 47.8 Å². The van der Waals surface area contributed by atoms with E-state index in [-0.39, 0.29) is 11.4 Å². The molecule has 2 fully saturated rings. The molecule has 0 radical (unpaired) electrons. The van der Waals surface area contributed by atoms with Gasteiger partial charge in [-0.25, -0.2) is 23.8 Å². The Morgan fingerprint density at radius 1 is 1.04 bits per heavy atom. The summed E-state index contributed by atoms with van der Waals surface area (Å²) in [4.78, 5) is 33.2. The van der Waals surface area contributed by atoms with Crippen molar-refractivity contribution in [2.75, 3.05) is 11.5 Å². The van der Waals surface area contributed by atoms with Gasteiger partial charge in [-0.05, 0) is 86.1 Å². The smallest absolute Gasteiger partial charge is 0.425 e. The Labute approximate surface area is 273 Å². The average molecular weight is 644 g/mol. The van der Waals surface area contributed by atoms with Crippen LogP contribution >= 0.6 is 0 Å². The molecule has 5 heterocycles. The maximum Gasteiger partial charge on any atom is 0.425 e. The molecule has 47 heavy (non-hydrogen) atoms. The molecule has 1 saturated heterocycles. The van der Waals surface area contributed by atoms with Gasteiger partial charge < -0.3 is 14.2 Å². The van der Waals surface area contributed by atoms with Crippen molar-refractivity contribution >= 4 is 23.5 Å². The van der Waals surface area contributed by atoms with E-state index in [1.165, 1.54) is 4.68 Å². The average Bonchev–Trinajstić information content (AvgIpc) is 3.73. The number of imide groups is 1. The van der Waals surface area contributed by atoms with Crippen LogP contribution in [0, 0.1) is 11.3 Å². The van der Waals surface area contributed by atoms with Crippen LogP contribution in [0.5, 0.6) is 0 Å². The number of anilines is 1. The number of hydrogen-bond donors (Lipinski definition) is 0. The molecule has 14 heteroatoms. The molecule has 2 aliphatic rings. The standard InChI is InChI=1S/C33H41N9O5/c1-31(2,3)46-29(43)41(30(44)47-32(4,5)6)26-18-23(38-42(26)27-10-7-8-17-45-27)24-21-39-25(11-16-35-39)28(37-24)22-19-36-40(20-22)33(14-15-34)12-9-13-33/h11,16,18-21,27H,7-10,12-14,17H2,1-6H3. The van der Waals surface area contributed by atoms with Gasteiger partial charge in [0.25, 0.3) is 0 Å². The van der Waals surface area contributed by atoms with Gasteiger partial charge in [0.15, 0.2) is 12.0 Å². The van der Waals surface area contributed by atoms with Crippen LogP contribution in [0.15, 0.2) is 36.9 Å². The first-order valence-electron chi connectivity index (χ1n) is 16.0. The Kier molecular flexibility index (Phi) is 8.29. The molecule has 1 unspecified atom stereocenters. The minimum atomic E-state index is -0.902. The van der Waals surface area contributed by atoms with Gasteiger partial charge in [0.1, 0.15) is 22.6 Å². The number of nitriles is 1. The molecule has 4 aromatic heterocycles. The molecule has 6 rings (SSSR count). The summed E-state index contributed by atoms with van der Waals surface area (Å²) in [7, 11) is 0. The van der Waals surface area contributed by atoms with E-state index < -0.39 is 29.6 Å². The molecule has 0 N–H and O–H groups in total. The first kappa shape index (κ1) is 32.2. The number of carbonyl (C=O) groups is 2. The number of ether oxygens (including phenoxy) is 3. The Bertz CT molecular complexity index is 1800. The Balaban J connectivity index is 1.47. The van der Waals surface area contributed by atoms with E-state index in [1.54, 1.807) is 70.7 Å². The van der Waals surface area contributed by atoms with E-state index in [4.69, 9.17) is 24.3 Å². The van der Waals surface area contributed by atoms with Crippen LogP contribution in [0.1, 0.15) is 92.7 Å². The third kappa shape index (κ3) is 6.58. The largest absolute Gasteiger partial charge is 0.443 e. The molecule has 1 aliphatic heterocycles. The van der Waals surface area contributed by atoms with E-state index in [9.17, 15) is 14.9 Å². The molecular weight excluding hydrogens is 602 g/mol. The second-order valence-electron chi connectivity index (χ2n) is 14.2. The number of rotatable bonds is 6. The van der Waals surface area contributed by atoms with E-state index in [1.807, 2.05) is 16.9 Å². The fourth-order valence-corrected chi connectivity index (χ4v) is 5.87. The number of nitrogens with zero attached hydrogens (tertiary/aromatic N) is 9. The topological polar surface area (TPSA) is 155 Å². The predicted molar refractivity (Wildman–Crippen MR) is 171 cm³/mol. The minimum Gasteiger partial charge on any atom is -0.443 e. The van der Waals surface area contributed by atoms with Crippen LogP contribution in [-0.2, 0) is 19.7 Å². The lowest BCUT2D eigenvalue weighted by molar-refractivity contribution is -0.0385. The minimum absolute atomic E-state index is 0.135. The second-order valence-corrected chi connectivity index (χ2v) is 14.2. The molecule has 1 aliphatic carbocycles. The Morgan fingerprint density at radius 3 is 2.36 bits per heavy atom. The molecule has 14 nitrogen and oxygen atoms in total. The van der Waals surface area contributed by atoms with Gasteiger partial charge in [-0.2, -0.15) is 25.5 Å². The summed E-state index contributed by atoms with van der Waals surface area (Å²) in [5.74, 6) is 0.135. The van der Waals surface area contributed by atoms with Crippen LogP contribution in [-0.4, -0.2) is 64.2 Å². The van der Waals surface area contributed by atoms with Crippen LogP contribution < -0.4 is 4.90 Å². The summed E-state index contributed by atoms with van der Waals surface area (Å²) in [6.45, 7) is 10.9. The van der Waals surface area contributed by atoms with Gasteiger partial charge in [-0.3, -0.25) is 4.68 Å². The molecule has 0 aromatic carbocycles. The van der Waals surface area contributed by atoms with Crippen molar-refractivity contribution < 1.29 is 23.8 Å². The van der Waals surface area contributed by atoms with E-state index in [0.717, 1.165) is 48.1 Å². The zero-order chi connectivity index (χ0) is 33.6. The fraction of sp³-hybridized carbons (Fsp3) is 0.545. The van der Waals surface area contributed by atoms with Crippen molar-refractivity contribution in [3.8, 4) is 28.7 Å². The first-order valence-corrected chi connectivity index (χ1v) is 16.0. The van der Waals surface area contributed by atoms with Gasteiger partial charge >= 0.3 is 12.2 Å². The maximum atomic E-state index is 13.7. The van der Waals surface area contributed by atoms with Crippen LogP contribution in [0.25, 0.3) is 28.2 Å². The van der Waals surface area contributed by atoms with Crippen molar-refractivity contribution in [1.29, 1.82) is 5.26 Å². The Hall–Kier alpha value is -4.77. The second kappa shape index (κ2) is 12.1. The molecule has 1 saturated carbocycles. The molecular formula is C33H41N9O5. The first-order chi connectivity index (χ1) is 22.3. The lowest BCUT2D eigenvalue weighted by atomic mass is 9.75. The van der Waals surface area contributed by atoms with Crippen molar-refractivity contribution in [2.24, 2.45) is 0 Å². The van der Waals surface area contributed by atoms with E-state index in [0.29, 0.717) is 36.5 Å². The number of hydrogen-bond acceptors (Lipinski definition) is 10. The summed E-state index contributed by atoms with van der Waals surface area (Å²) in [6, 6.07) is 5.80. The lowest BCUT2D eigenvalue weighted by Crippen LogP contribution is -2.45. The predicted octanol–water partition coefficient (Wildman–Crippen LogP) is 6.62. The maximum absolute atomic E-state index is 13.7. The monoisotopic (exact) mass is 643 g/mol. The van der Waals surface area contributed by atoms with E-state index in [2.05, 4.69) is 16.3 Å². The SMILES string of the molecule is CC(C)(C)OC(=O)N(C(=O)OC(C)(C)C)c1cc(-c2cn3nccc3c(-c3cnn(C4(CC#N)CCC4)c3)n2)nn1C1CCCCO1. The van der Waals surface area contributed by atoms with Crippen molar-refractivity contribution in [2.45, 2.75) is 109 Å². The highest BCUT2D eigenvalue weighted by Gasteiger charge is 2.40. The van der Waals surface area contributed by atoms with Crippen LogP contribution in [0.4, 0.5) is 15.4 Å². The van der Waals surface area contributed by atoms with Crippen LogP contribution in [0.3, 0.4) is 0 Å². The zero-order valence-electron chi connectivity index (χ0n) is 27.8. The quantitative estimate of drug-likeness (QED) is 0.224. The summed E-state index contributed by atoms with van der Waals surface area (Å²) < 4.78 is 22.6. The lowest BCUT2D eigenvalue weighted by Gasteiger charge is -2.40. The zero-order valence-corrected chi connectivity index (χ0v) is 27.8. The van der Waals surface area contributed by atoms with Crippen molar-refractivity contribution in [1.82, 2.24) is 34.2 Å². The number of amides is 2. The molecule has 2 amide bonds. The summed E-state index contributed by atoms with van der Waals surface area (Å²) >= 11 is 0. The van der Waals surface area contributed by atoms with Crippen LogP contribution in [0.2, 0.25) is 0 Å². The molecule has 0 spiro atoms. The highest BCUT2D eigenvalue weighted by atomic mass is 16.6. The van der Waals surface area contributed by atoms with Crippen molar-refractivity contribution in [3.05, 3.63) is 36.9 Å². The van der Waals surface area contributed by atoms with E-state index >= 15 is 0 Å². The van der Waals surface area contributed by atoms with Gasteiger partial charge in [-0.15, -0.1) is 0 Å². The van der Waals surface area contributed by atoms with Gasteiger partial charge in [-0.1, -0.05) is 0 Å². The molecule has 1 atom stereocenters. The van der Waals surface area contributed by atoms with Gasteiger partial charge in [0.2, 0.25) is 0 Å². The molecule has 0 bridgehead atoms. The molecule has 4 aromatic rings. The van der Waals surface area contributed by atoms with Gasteiger partial charge in [0, 0.05) is 24.4 Å². The summed E-state index contributed by atoms with van der Waals surface area (Å²) in [6.07, 6.45) is 10.4. The third-order valence-corrected chi connectivity index (χ3v) is 8.21. The number of aromatic nitrogens is 7. The third-order valence-electron chi connectivity index (χ3n) is 8.21. The number of fused-ring (bicyclic) bond motifs is 1. The Morgan fingerprint density at radius 2 is 1.77 bits per heavy atom. The fourth-order valence-electron chi connectivity index (χ4n) is 5.87.